The number of aromatic hydroxyl groups is 1. The van der Waals surface area contributed by atoms with Crippen molar-refractivity contribution in [2.24, 2.45) is 0 Å². The second-order valence-corrected chi connectivity index (χ2v) is 12.1. The maximum atomic E-state index is 16.5. The summed E-state index contributed by atoms with van der Waals surface area (Å²) in [7, 11) is 1.00. The molecule has 4 aliphatic heterocycles. The first-order valence-corrected chi connectivity index (χ1v) is 17.1. The Morgan fingerprint density at radius 1 is 0.979 bits per heavy atom. The van der Waals surface area contributed by atoms with Gasteiger partial charge in [-0.1, -0.05) is 39.8 Å². The van der Waals surface area contributed by atoms with Crippen LogP contribution >= 0.6 is 0 Å². The summed E-state index contributed by atoms with van der Waals surface area (Å²) in [6.45, 7) is 12.1. The van der Waals surface area contributed by atoms with E-state index in [0.717, 1.165) is 71.8 Å². The minimum atomic E-state index is -0.689. The van der Waals surface area contributed by atoms with Crippen molar-refractivity contribution in [1.29, 1.82) is 0 Å². The van der Waals surface area contributed by atoms with Gasteiger partial charge in [0.15, 0.2) is 5.82 Å². The van der Waals surface area contributed by atoms with Crippen molar-refractivity contribution in [3.63, 3.8) is 0 Å². The van der Waals surface area contributed by atoms with Crippen LogP contribution in [0.15, 0.2) is 36.5 Å². The quantitative estimate of drug-likeness (QED) is 0.225. The number of phenolic OH excluding ortho intramolecular Hbond substituents is 1. The third-order valence-electron chi connectivity index (χ3n) is 9.61. The van der Waals surface area contributed by atoms with Crippen LogP contribution in [0, 0.1) is 11.6 Å². The number of nitrogens with zero attached hydrogens (tertiary/aromatic N) is 5. The van der Waals surface area contributed by atoms with Crippen LogP contribution < -0.4 is 15.0 Å². The van der Waals surface area contributed by atoms with Gasteiger partial charge in [0.05, 0.1) is 10.9 Å². The lowest BCUT2D eigenvalue weighted by Crippen LogP contribution is -2.51. The Kier molecular flexibility index (Phi) is 11.1. The summed E-state index contributed by atoms with van der Waals surface area (Å²) in [5.74, 6) is -0.689. The molecule has 0 aliphatic carbocycles. The van der Waals surface area contributed by atoms with E-state index in [1.165, 1.54) is 18.2 Å². The minimum absolute atomic E-state index is 0.00735. The van der Waals surface area contributed by atoms with E-state index < -0.39 is 11.6 Å². The highest BCUT2D eigenvalue weighted by Crippen LogP contribution is 2.41. The van der Waals surface area contributed by atoms with Crippen LogP contribution in [0.1, 0.15) is 66.2 Å². The zero-order valence-corrected chi connectivity index (χ0v) is 28.2. The molecule has 47 heavy (non-hydrogen) atoms. The highest BCUT2D eigenvalue weighted by molar-refractivity contribution is 6.00. The van der Waals surface area contributed by atoms with Crippen molar-refractivity contribution in [3.05, 3.63) is 48.2 Å². The lowest BCUT2D eigenvalue weighted by atomic mass is 9.95. The third-order valence-corrected chi connectivity index (χ3v) is 9.61. The Morgan fingerprint density at radius 3 is 2.34 bits per heavy atom. The Hall–Kier alpha value is -3.67. The second-order valence-electron chi connectivity index (χ2n) is 12.1. The first kappa shape index (κ1) is 34.7. The van der Waals surface area contributed by atoms with Crippen molar-refractivity contribution in [2.75, 3.05) is 44.8 Å². The molecule has 4 saturated heterocycles. The van der Waals surface area contributed by atoms with Gasteiger partial charge in [-0.25, -0.2) is 8.78 Å². The fraction of sp³-hybridized carbons (Fsp3) is 0.528. The highest BCUT2D eigenvalue weighted by Gasteiger charge is 2.45. The number of piperazine rings is 1. The standard InChI is InChI=1S/C31H32F2N6O2.2C2H6.CH4O/c32-24-5-1-4-18-12-21(40)13-22(25(18)24)27-26(33)28-23(14-34-27)29(38-15-19-6-7-20(16-38)35-19)37-30(36-28)41-17-31-8-2-10-39(31)11-3-9-31;3*1-2/h1,4-5,12-14,19-20,35,40H,2-3,6-11,15-17H2;2*1-2H3;2H,1H3. The molecule has 3 N–H and O–H groups in total. The lowest BCUT2D eigenvalue weighted by Gasteiger charge is -2.34. The van der Waals surface area contributed by atoms with Crippen molar-refractivity contribution in [3.8, 4) is 23.0 Å². The van der Waals surface area contributed by atoms with Crippen LogP contribution in [0.5, 0.6) is 11.8 Å². The van der Waals surface area contributed by atoms with Gasteiger partial charge in [-0.2, -0.15) is 9.97 Å². The molecule has 2 atom stereocenters. The number of hydrogen-bond acceptors (Lipinski definition) is 9. The van der Waals surface area contributed by atoms with E-state index in [9.17, 15) is 5.11 Å². The van der Waals surface area contributed by atoms with E-state index in [0.29, 0.717) is 35.3 Å². The first-order valence-electron chi connectivity index (χ1n) is 17.1. The van der Waals surface area contributed by atoms with Crippen molar-refractivity contribution in [1.82, 2.24) is 25.2 Å². The fourth-order valence-electron chi connectivity index (χ4n) is 7.70. The SMILES string of the molecule is CC.CC.CO.Oc1cc(-c2ncc3c(N4CC5CCC(C4)N5)nc(OCC45CCCN4CCC5)nc3c2F)c2c(F)cccc2c1. The van der Waals surface area contributed by atoms with Crippen LogP contribution in [0.3, 0.4) is 0 Å². The molecule has 4 aromatic rings. The molecule has 4 aliphatic rings. The summed E-state index contributed by atoms with van der Waals surface area (Å²) >= 11 is 0. The number of rotatable bonds is 5. The topological polar surface area (TPSA) is 107 Å². The summed E-state index contributed by atoms with van der Waals surface area (Å²) in [5.41, 5.74) is 0.176. The number of phenols is 1. The zero-order chi connectivity index (χ0) is 33.7. The van der Waals surface area contributed by atoms with Crippen LogP contribution in [0.2, 0.25) is 0 Å². The molecule has 9 nitrogen and oxygen atoms in total. The van der Waals surface area contributed by atoms with Gasteiger partial charge < -0.3 is 25.2 Å². The van der Waals surface area contributed by atoms with Gasteiger partial charge >= 0.3 is 6.01 Å². The number of anilines is 1. The molecule has 2 aromatic carbocycles. The van der Waals surface area contributed by atoms with Gasteiger partial charge in [-0.3, -0.25) is 9.88 Å². The summed E-state index contributed by atoms with van der Waals surface area (Å²) < 4.78 is 37.9. The van der Waals surface area contributed by atoms with Gasteiger partial charge in [0.25, 0.3) is 0 Å². The Balaban J connectivity index is 0.000000686. The number of fused-ring (bicyclic) bond motifs is 5. The van der Waals surface area contributed by atoms with Crippen molar-refractivity contribution in [2.45, 2.75) is 83.8 Å². The van der Waals surface area contributed by atoms with Crippen molar-refractivity contribution < 1.29 is 23.7 Å². The summed E-state index contributed by atoms with van der Waals surface area (Å²) in [4.78, 5) is 18.6. The fourth-order valence-corrected chi connectivity index (χ4v) is 7.70. The number of aromatic nitrogens is 3. The monoisotopic (exact) mass is 650 g/mol. The molecule has 8 rings (SSSR count). The first-order chi connectivity index (χ1) is 23.0. The van der Waals surface area contributed by atoms with Crippen LogP contribution in [0.4, 0.5) is 14.6 Å². The molecule has 254 valence electrons. The molecule has 11 heteroatoms. The highest BCUT2D eigenvalue weighted by atomic mass is 19.1. The summed E-state index contributed by atoms with van der Waals surface area (Å²) in [6.07, 6.45) is 8.21. The molecule has 2 bridgehead atoms. The van der Waals surface area contributed by atoms with E-state index >= 15 is 8.78 Å². The molecule has 2 aromatic heterocycles. The maximum Gasteiger partial charge on any atom is 0.319 e. The maximum absolute atomic E-state index is 16.5. The Morgan fingerprint density at radius 2 is 1.66 bits per heavy atom. The lowest BCUT2D eigenvalue weighted by molar-refractivity contribution is 0.108. The van der Waals surface area contributed by atoms with Gasteiger partial charge in [0.1, 0.15) is 35.2 Å². The van der Waals surface area contributed by atoms with E-state index in [4.69, 9.17) is 14.8 Å². The average molecular weight is 651 g/mol. The van der Waals surface area contributed by atoms with E-state index in [2.05, 4.69) is 25.1 Å². The van der Waals surface area contributed by atoms with Crippen LogP contribution in [-0.2, 0) is 0 Å². The third kappa shape index (κ3) is 6.58. The van der Waals surface area contributed by atoms with E-state index in [1.54, 1.807) is 18.3 Å². The number of halogens is 2. The van der Waals surface area contributed by atoms with Crippen LogP contribution in [0.25, 0.3) is 32.9 Å². The number of pyridine rings is 1. The second kappa shape index (κ2) is 15.0. The minimum Gasteiger partial charge on any atom is -0.508 e. The number of nitrogens with one attached hydrogen (secondary N) is 1. The van der Waals surface area contributed by atoms with Crippen molar-refractivity contribution >= 4 is 27.5 Å². The Labute approximate surface area is 276 Å². The molecule has 2 unspecified atom stereocenters. The van der Waals surface area contributed by atoms with E-state index in [1.807, 2.05) is 27.7 Å². The zero-order valence-electron chi connectivity index (χ0n) is 28.2. The predicted octanol–water partition coefficient (Wildman–Crippen LogP) is 6.44. The van der Waals surface area contributed by atoms with E-state index in [-0.39, 0.29) is 39.5 Å². The molecular weight excluding hydrogens is 602 g/mol. The number of benzene rings is 2. The summed E-state index contributed by atoms with van der Waals surface area (Å²) in [6, 6.07) is 8.23. The van der Waals surface area contributed by atoms with Gasteiger partial charge in [-0.15, -0.1) is 0 Å². The number of hydrogen-bond donors (Lipinski definition) is 3. The normalized spacial score (nSPS) is 20.9. The Bertz CT molecular complexity index is 1670. The number of ether oxygens (including phenoxy) is 1. The largest absolute Gasteiger partial charge is 0.508 e. The molecule has 0 radical (unpaired) electrons. The number of aliphatic hydroxyl groups is 1. The smallest absolute Gasteiger partial charge is 0.319 e. The van der Waals surface area contributed by atoms with Gasteiger partial charge in [0, 0.05) is 49.4 Å². The molecule has 6 heterocycles. The average Bonchev–Trinajstić information content (AvgIpc) is 3.79. The molecule has 4 fully saturated rings. The molecule has 0 spiro atoms. The van der Waals surface area contributed by atoms with Crippen LogP contribution in [-0.4, -0.2) is 87.6 Å². The summed E-state index contributed by atoms with van der Waals surface area (Å²) in [5, 5.41) is 22.2. The number of aliphatic hydroxyl groups excluding tert-OH is 1. The molecule has 0 amide bonds. The molecular formula is C36H48F2N6O3. The predicted molar refractivity (Wildman–Crippen MR) is 183 cm³/mol. The van der Waals surface area contributed by atoms with Gasteiger partial charge in [-0.05, 0) is 75.2 Å². The molecule has 0 saturated carbocycles. The van der Waals surface area contributed by atoms with Gasteiger partial charge in [0.2, 0.25) is 0 Å².